The van der Waals surface area contributed by atoms with Gasteiger partial charge in [0.2, 0.25) is 11.8 Å². The van der Waals surface area contributed by atoms with Crippen molar-refractivity contribution >= 4 is 24.2 Å². The van der Waals surface area contributed by atoms with Crippen LogP contribution in [0.4, 0.5) is 0 Å². The fourth-order valence-corrected chi connectivity index (χ4v) is 2.59. The molecule has 8 heteroatoms. The first-order valence-corrected chi connectivity index (χ1v) is 9.43. The molecule has 0 unspecified atom stereocenters. The highest BCUT2D eigenvalue weighted by Crippen LogP contribution is 2.05. The number of rotatable bonds is 11. The van der Waals surface area contributed by atoms with Gasteiger partial charge in [0.05, 0.1) is 23.8 Å². The summed E-state index contributed by atoms with van der Waals surface area (Å²) >= 11 is 0. The van der Waals surface area contributed by atoms with Gasteiger partial charge in [-0.15, -0.1) is 0 Å². The minimum Gasteiger partial charge on any atom is -0.350 e. The molecule has 0 saturated heterocycles. The molecule has 0 aliphatic heterocycles. The molecule has 150 valence electrons. The van der Waals surface area contributed by atoms with Gasteiger partial charge in [0.25, 0.3) is 0 Å². The molecule has 0 radical (unpaired) electrons. The third kappa shape index (κ3) is 7.61. The van der Waals surface area contributed by atoms with Gasteiger partial charge in [-0.25, -0.2) is 10.9 Å². The second-order valence-electron chi connectivity index (χ2n) is 6.59. The zero-order valence-corrected chi connectivity index (χ0v) is 16.5. The first-order valence-electron chi connectivity index (χ1n) is 9.43. The van der Waals surface area contributed by atoms with E-state index >= 15 is 0 Å². The second kappa shape index (κ2) is 11.5. The number of nitrogens with zero attached hydrogens (tertiary/aromatic N) is 4. The number of aromatic nitrogens is 2. The lowest BCUT2D eigenvalue weighted by molar-refractivity contribution is -0.122. The summed E-state index contributed by atoms with van der Waals surface area (Å²) in [7, 11) is 3.83. The molecule has 2 rings (SSSR count). The standard InChI is InChI=1S/C20H28N6O2/c1-25-13-7-9-17(25)15-21-23-19(27)11-5-3-4-6-12-20(28)24-22-16-18-10-8-14-26(18)2/h7-10,13-16H,3-6,11-12H2,1-2H3,(H,23,27)(H,24,28)/b21-15+,22-16+. The van der Waals surface area contributed by atoms with E-state index in [2.05, 4.69) is 21.1 Å². The van der Waals surface area contributed by atoms with E-state index in [0.717, 1.165) is 37.1 Å². The van der Waals surface area contributed by atoms with Gasteiger partial charge in [-0.1, -0.05) is 12.8 Å². The van der Waals surface area contributed by atoms with Crippen molar-refractivity contribution in [2.45, 2.75) is 38.5 Å². The van der Waals surface area contributed by atoms with Crippen molar-refractivity contribution in [3.05, 3.63) is 48.0 Å². The molecule has 0 aliphatic carbocycles. The van der Waals surface area contributed by atoms with E-state index in [4.69, 9.17) is 0 Å². The van der Waals surface area contributed by atoms with E-state index < -0.39 is 0 Å². The molecule has 0 bridgehead atoms. The predicted octanol–water partition coefficient (Wildman–Crippen LogP) is 2.30. The average molecular weight is 384 g/mol. The van der Waals surface area contributed by atoms with Crippen LogP contribution in [0.25, 0.3) is 0 Å². The van der Waals surface area contributed by atoms with Crippen LogP contribution < -0.4 is 10.9 Å². The van der Waals surface area contributed by atoms with Gasteiger partial charge in [-0.3, -0.25) is 9.59 Å². The number of hydrogen-bond acceptors (Lipinski definition) is 4. The largest absolute Gasteiger partial charge is 0.350 e. The highest BCUT2D eigenvalue weighted by Gasteiger charge is 2.02. The Hall–Kier alpha value is -3.16. The number of amides is 2. The zero-order chi connectivity index (χ0) is 20.2. The third-order valence-corrected chi connectivity index (χ3v) is 4.30. The molecule has 28 heavy (non-hydrogen) atoms. The van der Waals surface area contributed by atoms with E-state index in [0.29, 0.717) is 12.8 Å². The average Bonchev–Trinajstić information content (AvgIpc) is 3.26. The number of nitrogens with one attached hydrogen (secondary N) is 2. The Morgan fingerprint density at radius 3 is 1.61 bits per heavy atom. The molecule has 2 aromatic rings. The van der Waals surface area contributed by atoms with Crippen molar-refractivity contribution in [2.75, 3.05) is 0 Å². The smallest absolute Gasteiger partial charge is 0.240 e. The maximum absolute atomic E-state index is 11.7. The summed E-state index contributed by atoms with van der Waals surface area (Å²) in [6.45, 7) is 0. The Labute approximate surface area is 165 Å². The molecule has 0 atom stereocenters. The van der Waals surface area contributed by atoms with Crippen LogP contribution in [-0.4, -0.2) is 33.4 Å². The van der Waals surface area contributed by atoms with E-state index in [1.807, 2.05) is 59.9 Å². The molecule has 8 nitrogen and oxygen atoms in total. The summed E-state index contributed by atoms with van der Waals surface area (Å²) in [6, 6.07) is 7.66. The number of carbonyl (C=O) groups is 2. The molecule has 0 spiro atoms. The van der Waals surface area contributed by atoms with Crippen LogP contribution in [-0.2, 0) is 23.7 Å². The molecule has 0 fully saturated rings. The lowest BCUT2D eigenvalue weighted by Gasteiger charge is -2.02. The van der Waals surface area contributed by atoms with E-state index in [1.54, 1.807) is 12.4 Å². The van der Waals surface area contributed by atoms with E-state index in [1.165, 1.54) is 0 Å². The summed E-state index contributed by atoms with van der Waals surface area (Å²) in [4.78, 5) is 23.4. The second-order valence-corrected chi connectivity index (χ2v) is 6.59. The summed E-state index contributed by atoms with van der Waals surface area (Å²) in [5.41, 5.74) is 6.91. The molecule has 0 aliphatic rings. The molecule has 2 heterocycles. The molecule has 2 amide bonds. The lowest BCUT2D eigenvalue weighted by Crippen LogP contribution is -2.17. The number of carbonyl (C=O) groups excluding carboxylic acids is 2. The van der Waals surface area contributed by atoms with Crippen LogP contribution in [0.5, 0.6) is 0 Å². The Morgan fingerprint density at radius 1 is 0.821 bits per heavy atom. The fraction of sp³-hybridized carbons (Fsp3) is 0.400. The number of unbranched alkanes of at least 4 members (excludes halogenated alkanes) is 3. The summed E-state index contributed by atoms with van der Waals surface area (Å²) in [6.07, 6.45) is 11.3. The summed E-state index contributed by atoms with van der Waals surface area (Å²) in [5, 5.41) is 7.90. The van der Waals surface area contributed by atoms with Crippen LogP contribution in [0, 0.1) is 0 Å². The van der Waals surface area contributed by atoms with Crippen molar-refractivity contribution in [3.63, 3.8) is 0 Å². The van der Waals surface area contributed by atoms with Crippen molar-refractivity contribution in [1.29, 1.82) is 0 Å². The first kappa shape index (κ1) is 21.1. The summed E-state index contributed by atoms with van der Waals surface area (Å²) in [5.74, 6) is -0.198. The van der Waals surface area contributed by atoms with Crippen LogP contribution in [0.2, 0.25) is 0 Å². The molecule has 0 aromatic carbocycles. The maximum atomic E-state index is 11.7. The van der Waals surface area contributed by atoms with E-state index in [-0.39, 0.29) is 11.8 Å². The van der Waals surface area contributed by atoms with Crippen molar-refractivity contribution < 1.29 is 9.59 Å². The van der Waals surface area contributed by atoms with Crippen molar-refractivity contribution in [2.24, 2.45) is 24.3 Å². The number of hydrazone groups is 2. The maximum Gasteiger partial charge on any atom is 0.240 e. The topological polar surface area (TPSA) is 92.8 Å². The Kier molecular flexibility index (Phi) is 8.71. The van der Waals surface area contributed by atoms with Crippen LogP contribution in [0.15, 0.2) is 46.9 Å². The Balaban J connectivity index is 1.48. The van der Waals surface area contributed by atoms with Gasteiger partial charge < -0.3 is 9.13 Å². The molecular weight excluding hydrogens is 356 g/mol. The van der Waals surface area contributed by atoms with Gasteiger partial charge in [0.1, 0.15) is 0 Å². The fourth-order valence-electron chi connectivity index (χ4n) is 2.59. The minimum absolute atomic E-state index is 0.0989. The van der Waals surface area contributed by atoms with Gasteiger partial charge in [-0.2, -0.15) is 10.2 Å². The molecule has 2 aromatic heterocycles. The first-order chi connectivity index (χ1) is 13.6. The monoisotopic (exact) mass is 384 g/mol. The van der Waals surface area contributed by atoms with Crippen LogP contribution in [0.3, 0.4) is 0 Å². The summed E-state index contributed by atoms with van der Waals surface area (Å²) < 4.78 is 3.83. The number of aryl methyl sites for hydroxylation is 2. The van der Waals surface area contributed by atoms with Gasteiger partial charge >= 0.3 is 0 Å². The third-order valence-electron chi connectivity index (χ3n) is 4.30. The quantitative estimate of drug-likeness (QED) is 0.353. The van der Waals surface area contributed by atoms with Crippen molar-refractivity contribution in [1.82, 2.24) is 20.0 Å². The van der Waals surface area contributed by atoms with Crippen LogP contribution in [0.1, 0.15) is 49.9 Å². The van der Waals surface area contributed by atoms with Crippen LogP contribution >= 0.6 is 0 Å². The highest BCUT2D eigenvalue weighted by molar-refractivity contribution is 5.81. The highest BCUT2D eigenvalue weighted by atomic mass is 16.2. The SMILES string of the molecule is Cn1cccc1/C=N/NC(=O)CCCCCCC(=O)N/N=C/c1cccn1C. The molecule has 2 N–H and O–H groups in total. The minimum atomic E-state index is -0.0989. The van der Waals surface area contributed by atoms with E-state index in [9.17, 15) is 9.59 Å². The zero-order valence-electron chi connectivity index (χ0n) is 16.5. The predicted molar refractivity (Wildman–Crippen MR) is 110 cm³/mol. The van der Waals surface area contributed by atoms with Gasteiger partial charge in [0.15, 0.2) is 0 Å². The lowest BCUT2D eigenvalue weighted by atomic mass is 10.1. The van der Waals surface area contributed by atoms with Gasteiger partial charge in [0, 0.05) is 39.3 Å². The normalized spacial score (nSPS) is 11.4. The molecule has 0 saturated carbocycles. The molecular formula is C20H28N6O2. The van der Waals surface area contributed by atoms with Gasteiger partial charge in [-0.05, 0) is 37.1 Å². The Bertz CT molecular complexity index is 750. The Morgan fingerprint density at radius 2 is 1.25 bits per heavy atom. The van der Waals surface area contributed by atoms with Crippen molar-refractivity contribution in [3.8, 4) is 0 Å². The number of hydrogen-bond donors (Lipinski definition) is 2.